The quantitative estimate of drug-likeness (QED) is 0.633. The van der Waals surface area contributed by atoms with Crippen LogP contribution in [-0.4, -0.2) is 37.7 Å². The molecule has 0 spiro atoms. The molecule has 0 aliphatic rings. The van der Waals surface area contributed by atoms with Crippen molar-refractivity contribution in [2.45, 2.75) is 24.4 Å². The Morgan fingerprint density at radius 1 is 0.833 bits per heavy atom. The molecule has 0 amide bonds. The second-order valence-corrected chi connectivity index (χ2v) is 5.29. The molecule has 136 valence electrons. The first-order chi connectivity index (χ1) is 10.9. The standard InChI is InChI=1S/C15H17F7N2/c1-2-11-3-5-12(6-4-11)24-9-14(18,19)7-13(16,17)8-23-10-15(20,21)22/h2-6,23-24H,1,7-10H2. The van der Waals surface area contributed by atoms with Crippen LogP contribution in [0.25, 0.3) is 6.08 Å². The second kappa shape index (κ2) is 7.87. The number of hydrogen-bond donors (Lipinski definition) is 2. The summed E-state index contributed by atoms with van der Waals surface area (Å²) in [5.74, 6) is -7.76. The summed E-state index contributed by atoms with van der Waals surface area (Å²) in [5.41, 5.74) is 1.06. The van der Waals surface area contributed by atoms with E-state index < -0.39 is 44.1 Å². The van der Waals surface area contributed by atoms with Crippen molar-refractivity contribution in [2.75, 3.05) is 25.0 Å². The van der Waals surface area contributed by atoms with E-state index in [2.05, 4.69) is 11.9 Å². The molecule has 9 heteroatoms. The summed E-state index contributed by atoms with van der Waals surface area (Å²) in [7, 11) is 0. The summed E-state index contributed by atoms with van der Waals surface area (Å²) >= 11 is 0. The van der Waals surface area contributed by atoms with Crippen molar-refractivity contribution in [1.29, 1.82) is 0 Å². The Kier molecular flexibility index (Phi) is 6.65. The minimum Gasteiger partial charge on any atom is -0.379 e. The summed E-state index contributed by atoms with van der Waals surface area (Å²) in [6, 6.07) is 6.17. The molecule has 2 N–H and O–H groups in total. The van der Waals surface area contributed by atoms with Crippen LogP contribution in [0.1, 0.15) is 12.0 Å². The Bertz CT molecular complexity index is 524. The summed E-state index contributed by atoms with van der Waals surface area (Å²) < 4.78 is 89.5. The predicted molar refractivity (Wildman–Crippen MR) is 78.5 cm³/mol. The zero-order valence-corrected chi connectivity index (χ0v) is 12.6. The van der Waals surface area contributed by atoms with Crippen molar-refractivity contribution in [1.82, 2.24) is 5.32 Å². The van der Waals surface area contributed by atoms with E-state index in [1.54, 1.807) is 18.2 Å². The maximum absolute atomic E-state index is 13.6. The Morgan fingerprint density at radius 3 is 1.88 bits per heavy atom. The molecule has 1 rings (SSSR count). The van der Waals surface area contributed by atoms with E-state index >= 15 is 0 Å². The van der Waals surface area contributed by atoms with Crippen LogP contribution in [0.4, 0.5) is 36.4 Å². The molecule has 24 heavy (non-hydrogen) atoms. The van der Waals surface area contributed by atoms with Crippen molar-refractivity contribution < 1.29 is 30.7 Å². The summed E-state index contributed by atoms with van der Waals surface area (Å²) in [6.45, 7) is -0.675. The SMILES string of the molecule is C=Cc1ccc(NCC(F)(F)CC(F)(F)CNCC(F)(F)F)cc1. The van der Waals surface area contributed by atoms with Crippen LogP contribution >= 0.6 is 0 Å². The molecule has 0 heterocycles. The third kappa shape index (κ3) is 8.19. The van der Waals surface area contributed by atoms with Crippen LogP contribution in [0.5, 0.6) is 0 Å². The molecule has 0 aliphatic carbocycles. The van der Waals surface area contributed by atoms with Gasteiger partial charge in [-0.25, -0.2) is 17.6 Å². The lowest BCUT2D eigenvalue weighted by Crippen LogP contribution is -2.43. The fourth-order valence-corrected chi connectivity index (χ4v) is 1.86. The molecule has 1 aromatic rings. The van der Waals surface area contributed by atoms with Gasteiger partial charge in [-0.05, 0) is 17.7 Å². The highest BCUT2D eigenvalue weighted by Gasteiger charge is 2.43. The van der Waals surface area contributed by atoms with Gasteiger partial charge in [-0.3, -0.25) is 0 Å². The molecule has 0 fully saturated rings. The first-order valence-electron chi connectivity index (χ1n) is 6.92. The lowest BCUT2D eigenvalue weighted by atomic mass is 10.1. The predicted octanol–water partition coefficient (Wildman–Crippen LogP) is 4.55. The summed E-state index contributed by atoms with van der Waals surface area (Å²) in [4.78, 5) is 0. The monoisotopic (exact) mass is 358 g/mol. The van der Waals surface area contributed by atoms with Gasteiger partial charge in [0.15, 0.2) is 0 Å². The second-order valence-electron chi connectivity index (χ2n) is 5.29. The van der Waals surface area contributed by atoms with Crippen molar-refractivity contribution >= 4 is 11.8 Å². The topological polar surface area (TPSA) is 24.1 Å². The van der Waals surface area contributed by atoms with E-state index in [1.165, 1.54) is 17.4 Å². The minimum absolute atomic E-state index is 0.304. The highest BCUT2D eigenvalue weighted by molar-refractivity contribution is 5.53. The van der Waals surface area contributed by atoms with E-state index in [0.717, 1.165) is 5.56 Å². The van der Waals surface area contributed by atoms with Crippen molar-refractivity contribution in [2.24, 2.45) is 0 Å². The first kappa shape index (κ1) is 20.3. The zero-order chi connectivity index (χ0) is 18.4. The molecule has 0 saturated heterocycles. The Labute approximate surface area is 134 Å². The lowest BCUT2D eigenvalue weighted by molar-refractivity contribution is -0.133. The van der Waals surface area contributed by atoms with Crippen LogP contribution in [-0.2, 0) is 0 Å². The number of nitrogens with one attached hydrogen (secondary N) is 2. The minimum atomic E-state index is -4.68. The largest absolute Gasteiger partial charge is 0.401 e. The van der Waals surface area contributed by atoms with Crippen molar-refractivity contribution in [3.8, 4) is 0 Å². The molecule has 1 aromatic carbocycles. The van der Waals surface area contributed by atoms with Crippen LogP contribution < -0.4 is 10.6 Å². The van der Waals surface area contributed by atoms with Gasteiger partial charge in [-0.1, -0.05) is 24.8 Å². The average Bonchev–Trinajstić information content (AvgIpc) is 2.43. The van der Waals surface area contributed by atoms with E-state index in [0.29, 0.717) is 5.69 Å². The molecule has 0 aromatic heterocycles. The van der Waals surface area contributed by atoms with Gasteiger partial charge in [0.25, 0.3) is 11.8 Å². The van der Waals surface area contributed by atoms with Crippen LogP contribution in [0, 0.1) is 0 Å². The van der Waals surface area contributed by atoms with Gasteiger partial charge in [0.1, 0.15) is 0 Å². The number of halogens is 7. The molecule has 0 radical (unpaired) electrons. The number of benzene rings is 1. The third-order valence-electron chi connectivity index (χ3n) is 2.92. The smallest absolute Gasteiger partial charge is 0.379 e. The van der Waals surface area contributed by atoms with E-state index in [1.807, 2.05) is 0 Å². The van der Waals surface area contributed by atoms with E-state index in [4.69, 9.17) is 0 Å². The van der Waals surface area contributed by atoms with Gasteiger partial charge in [0, 0.05) is 5.69 Å². The molecular weight excluding hydrogens is 341 g/mol. The van der Waals surface area contributed by atoms with Crippen molar-refractivity contribution in [3.05, 3.63) is 36.4 Å². The van der Waals surface area contributed by atoms with Gasteiger partial charge >= 0.3 is 6.18 Å². The van der Waals surface area contributed by atoms with Gasteiger partial charge in [0.2, 0.25) is 0 Å². The van der Waals surface area contributed by atoms with Crippen LogP contribution in [0.2, 0.25) is 0 Å². The van der Waals surface area contributed by atoms with Crippen molar-refractivity contribution in [3.63, 3.8) is 0 Å². The average molecular weight is 358 g/mol. The highest BCUT2D eigenvalue weighted by Crippen LogP contribution is 2.30. The number of rotatable bonds is 9. The Hall–Kier alpha value is -1.77. The Morgan fingerprint density at radius 2 is 1.38 bits per heavy atom. The zero-order valence-electron chi connectivity index (χ0n) is 12.6. The lowest BCUT2D eigenvalue weighted by Gasteiger charge is -2.24. The molecular formula is C15H17F7N2. The fraction of sp³-hybridized carbons (Fsp3) is 0.467. The molecule has 2 nitrogen and oxygen atoms in total. The summed E-state index contributed by atoms with van der Waals surface area (Å²) in [6.07, 6.45) is -4.99. The fourth-order valence-electron chi connectivity index (χ4n) is 1.86. The van der Waals surface area contributed by atoms with Gasteiger partial charge in [-0.15, -0.1) is 0 Å². The highest BCUT2D eigenvalue weighted by atomic mass is 19.4. The van der Waals surface area contributed by atoms with Crippen LogP contribution in [0.15, 0.2) is 30.8 Å². The molecule has 0 bridgehead atoms. The normalized spacial score (nSPS) is 13.0. The Balaban J connectivity index is 2.49. The number of anilines is 1. The molecule has 0 saturated carbocycles. The van der Waals surface area contributed by atoms with E-state index in [-0.39, 0.29) is 0 Å². The molecule has 0 aliphatic heterocycles. The van der Waals surface area contributed by atoms with E-state index in [9.17, 15) is 30.7 Å². The number of alkyl halides is 7. The maximum Gasteiger partial charge on any atom is 0.401 e. The third-order valence-corrected chi connectivity index (χ3v) is 2.92. The first-order valence-corrected chi connectivity index (χ1v) is 6.92. The van der Waals surface area contributed by atoms with Crippen LogP contribution in [0.3, 0.4) is 0 Å². The maximum atomic E-state index is 13.6. The number of hydrogen-bond acceptors (Lipinski definition) is 2. The van der Waals surface area contributed by atoms with Gasteiger partial charge in [-0.2, -0.15) is 13.2 Å². The molecule has 0 atom stereocenters. The molecule has 0 unspecified atom stereocenters. The van der Waals surface area contributed by atoms with Gasteiger partial charge in [0.05, 0.1) is 26.1 Å². The summed E-state index contributed by atoms with van der Waals surface area (Å²) in [5, 5.41) is 3.76. The van der Waals surface area contributed by atoms with Gasteiger partial charge < -0.3 is 10.6 Å².